The molecular formula is C28H46AlLiN2O5. The van der Waals surface area contributed by atoms with Gasteiger partial charge in [0.1, 0.15) is 0 Å². The third kappa shape index (κ3) is 11.3. The average Bonchev–Trinajstić information content (AvgIpc) is 3.51. The number of aliphatic hydroxyl groups excluding tert-OH is 1. The van der Waals surface area contributed by atoms with Crippen LogP contribution >= 0.6 is 0 Å². The summed E-state index contributed by atoms with van der Waals surface area (Å²) in [5.41, 5.74) is 0.510. The van der Waals surface area contributed by atoms with Crippen LogP contribution in [0.25, 0.3) is 0 Å². The van der Waals surface area contributed by atoms with Gasteiger partial charge in [-0.3, -0.25) is 4.79 Å². The topological polar surface area (TPSA) is 96.9 Å². The van der Waals surface area contributed by atoms with E-state index in [1.54, 1.807) is 19.1 Å². The summed E-state index contributed by atoms with van der Waals surface area (Å²) >= 11 is 0. The van der Waals surface area contributed by atoms with Crippen LogP contribution in [0.1, 0.15) is 59.0 Å². The molecule has 0 saturated carbocycles. The Labute approximate surface area is 246 Å². The zero-order valence-corrected chi connectivity index (χ0v) is 22.6. The molecule has 0 radical (unpaired) electrons. The fourth-order valence-electron chi connectivity index (χ4n) is 3.86. The molecule has 1 amide bonds. The number of benzene rings is 2. The molecule has 2 aromatic rings. The van der Waals surface area contributed by atoms with Gasteiger partial charge in [-0.25, -0.2) is 4.79 Å². The number of esters is 1. The molecule has 37 heavy (non-hydrogen) atoms. The third-order valence-electron chi connectivity index (χ3n) is 6.23. The van der Waals surface area contributed by atoms with Gasteiger partial charge in [0.15, 0.2) is 22.9 Å². The zero-order chi connectivity index (χ0) is 26.0. The second-order valence-electron chi connectivity index (χ2n) is 8.14. The van der Waals surface area contributed by atoms with Crippen molar-refractivity contribution in [3.8, 4) is 0 Å². The minimum Gasteiger partial charge on any atom is -1.00 e. The molecule has 3 rings (SSSR count). The molecular weight excluding hydrogens is 478 g/mol. The first-order valence-corrected chi connectivity index (χ1v) is 12.4. The summed E-state index contributed by atoms with van der Waals surface area (Å²) in [6, 6.07) is 19.2. The molecule has 202 valence electrons. The Balaban J connectivity index is -0.000000518. The largest absolute Gasteiger partial charge is 1.00 e. The summed E-state index contributed by atoms with van der Waals surface area (Å²) in [4.78, 5) is 22.8. The van der Waals surface area contributed by atoms with E-state index in [2.05, 4.69) is 17.6 Å². The van der Waals surface area contributed by atoms with Crippen molar-refractivity contribution in [3.63, 3.8) is 0 Å². The average molecular weight is 525 g/mol. The first kappa shape index (κ1) is 37.5. The van der Waals surface area contributed by atoms with Crippen LogP contribution in [-0.2, 0) is 30.1 Å². The van der Waals surface area contributed by atoms with Gasteiger partial charge in [0, 0.05) is 13.2 Å². The number of carbonyl (C=O) groups is 2. The van der Waals surface area contributed by atoms with Gasteiger partial charge in [-0.05, 0) is 50.8 Å². The maximum Gasteiger partial charge on any atom is 1.00 e. The van der Waals surface area contributed by atoms with E-state index >= 15 is 0 Å². The molecule has 2 atom stereocenters. The van der Waals surface area contributed by atoms with Crippen LogP contribution in [0, 0.1) is 0 Å². The monoisotopic (exact) mass is 524 g/mol. The van der Waals surface area contributed by atoms with Crippen molar-refractivity contribution in [2.45, 2.75) is 57.5 Å². The fourth-order valence-corrected chi connectivity index (χ4v) is 3.86. The number of amides is 1. The maximum absolute atomic E-state index is 12.0. The van der Waals surface area contributed by atoms with Crippen LogP contribution in [0.2, 0.25) is 0 Å². The molecule has 2 unspecified atom stereocenters. The first-order chi connectivity index (χ1) is 17.0. The molecule has 9 heteroatoms. The van der Waals surface area contributed by atoms with Gasteiger partial charge >= 0.3 is 24.8 Å². The molecule has 1 aliphatic heterocycles. The molecule has 0 aromatic heterocycles. The van der Waals surface area contributed by atoms with E-state index in [0.29, 0.717) is 12.8 Å². The quantitative estimate of drug-likeness (QED) is 0.227. The molecule has 1 aliphatic rings. The molecule has 0 aliphatic carbocycles. The van der Waals surface area contributed by atoms with Crippen LogP contribution in [0.15, 0.2) is 60.7 Å². The van der Waals surface area contributed by atoms with E-state index in [9.17, 15) is 14.7 Å². The standard InChI is InChI=1S/C13H17NO3.C11H17NO.C4H8O.Al.Li.4H/c1-3-13(14-10-15,12(16)17-4-2)11-8-6-5-7-9-11;1-3-11(9-13,12-2)10-7-5-4-6-8-10;1-2-4-5-3-1;;;;;;/h5-10H,3-4H2,1-2H3,(H,14,15);4-8,12-13H,3,9H2,1-2H3;1-4H2;;;;;;/q;;;;+1;;;;-1. The van der Waals surface area contributed by atoms with E-state index in [1.807, 2.05) is 62.5 Å². The summed E-state index contributed by atoms with van der Waals surface area (Å²) in [6.45, 7) is 8.06. The summed E-state index contributed by atoms with van der Waals surface area (Å²) in [6.07, 6.45) is 4.41. The Morgan fingerprint density at radius 1 is 1.00 bits per heavy atom. The van der Waals surface area contributed by atoms with Crippen molar-refractivity contribution in [2.75, 3.05) is 33.5 Å². The number of nitrogens with one attached hydrogen (secondary N) is 2. The Kier molecular flexibility index (Phi) is 21.6. The van der Waals surface area contributed by atoms with Crippen molar-refractivity contribution in [2.24, 2.45) is 0 Å². The zero-order valence-electron chi connectivity index (χ0n) is 23.6. The number of carbonyl (C=O) groups excluding carboxylic acids is 2. The van der Waals surface area contributed by atoms with Crippen molar-refractivity contribution >= 4 is 29.7 Å². The molecule has 1 heterocycles. The van der Waals surface area contributed by atoms with Gasteiger partial charge < -0.3 is 26.6 Å². The fraction of sp³-hybridized carbons (Fsp3) is 0.500. The number of hydrogen-bond donors (Lipinski definition) is 3. The van der Waals surface area contributed by atoms with Crippen LogP contribution in [-0.4, -0.2) is 68.3 Å². The van der Waals surface area contributed by atoms with Crippen molar-refractivity contribution in [1.29, 1.82) is 0 Å². The van der Waals surface area contributed by atoms with Crippen molar-refractivity contribution in [1.82, 2.24) is 10.6 Å². The molecule has 2 aromatic carbocycles. The number of hydrogen-bond acceptors (Lipinski definition) is 6. The summed E-state index contributed by atoms with van der Waals surface area (Å²) in [5, 5.41) is 15.1. The minimum absolute atomic E-state index is 0. The first-order valence-electron chi connectivity index (χ1n) is 12.4. The van der Waals surface area contributed by atoms with Gasteiger partial charge in [-0.2, -0.15) is 0 Å². The van der Waals surface area contributed by atoms with E-state index in [0.717, 1.165) is 30.8 Å². The Morgan fingerprint density at radius 3 is 1.84 bits per heavy atom. The molecule has 1 saturated heterocycles. The van der Waals surface area contributed by atoms with Gasteiger partial charge in [-0.15, -0.1) is 0 Å². The Hall–Kier alpha value is -1.61. The van der Waals surface area contributed by atoms with Crippen molar-refractivity contribution in [3.05, 3.63) is 71.8 Å². The predicted octanol–water partition coefficient (Wildman–Crippen LogP) is -0.166. The Bertz CT molecular complexity index is 828. The number of rotatable bonds is 10. The molecule has 0 bridgehead atoms. The summed E-state index contributed by atoms with van der Waals surface area (Å²) in [5.74, 6) is -0.430. The SMILES string of the molecule is C1CCOC1.CCC(CO)(NC)c1ccccc1.CCOC(=O)C(CC)(NC=O)c1ccccc1.[AlH3].[H-].[Li+]. The number of ether oxygens (including phenoxy) is 2. The predicted molar refractivity (Wildman–Crippen MR) is 150 cm³/mol. The normalized spacial score (nSPS) is 14.8. The second kappa shape index (κ2) is 21.3. The summed E-state index contributed by atoms with van der Waals surface area (Å²) in [7, 11) is 1.88. The molecule has 1 fully saturated rings. The Morgan fingerprint density at radius 2 is 1.51 bits per heavy atom. The van der Waals surface area contributed by atoms with Gasteiger partial charge in [-0.1, -0.05) is 74.5 Å². The van der Waals surface area contributed by atoms with E-state index in [1.165, 1.54) is 12.8 Å². The van der Waals surface area contributed by atoms with Crippen molar-refractivity contribution < 1.29 is 44.5 Å². The molecule has 0 spiro atoms. The second-order valence-corrected chi connectivity index (χ2v) is 8.14. The third-order valence-corrected chi connectivity index (χ3v) is 6.23. The summed E-state index contributed by atoms with van der Waals surface area (Å²) < 4.78 is 9.99. The van der Waals surface area contributed by atoms with Crippen LogP contribution in [0.4, 0.5) is 0 Å². The maximum atomic E-state index is 12.0. The van der Waals surface area contributed by atoms with Crippen LogP contribution in [0.3, 0.4) is 0 Å². The van der Waals surface area contributed by atoms with E-state index in [4.69, 9.17) is 9.47 Å². The molecule has 3 N–H and O–H groups in total. The number of likely N-dealkylation sites (N-methyl/N-ethyl adjacent to an activating group) is 1. The van der Waals surface area contributed by atoms with Crippen LogP contribution in [0.5, 0.6) is 0 Å². The van der Waals surface area contributed by atoms with E-state index < -0.39 is 11.5 Å². The molecule has 7 nitrogen and oxygen atoms in total. The van der Waals surface area contributed by atoms with Gasteiger partial charge in [0.25, 0.3) is 0 Å². The van der Waals surface area contributed by atoms with Gasteiger partial charge in [0.2, 0.25) is 6.41 Å². The van der Waals surface area contributed by atoms with Crippen LogP contribution < -0.4 is 29.5 Å². The smallest absolute Gasteiger partial charge is 1.00 e. The minimum atomic E-state index is -1.08. The van der Waals surface area contributed by atoms with Gasteiger partial charge in [0.05, 0.1) is 18.8 Å². The van der Waals surface area contributed by atoms with E-state index in [-0.39, 0.29) is 56.4 Å². The number of aliphatic hydroxyl groups is 1.